The van der Waals surface area contributed by atoms with Crippen molar-refractivity contribution in [2.24, 2.45) is 0 Å². The normalized spacial score (nSPS) is 12.3. The van der Waals surface area contributed by atoms with Gasteiger partial charge in [0.25, 0.3) is 0 Å². The fourth-order valence-corrected chi connectivity index (χ4v) is 7.80. The molecular formula is C42H24N4. The van der Waals surface area contributed by atoms with Crippen molar-refractivity contribution in [2.45, 2.75) is 0 Å². The third-order valence-electron chi connectivity index (χ3n) is 9.83. The minimum Gasteiger partial charge on any atom is -0.292 e. The van der Waals surface area contributed by atoms with Crippen LogP contribution in [0.15, 0.2) is 146 Å². The Morgan fingerprint density at radius 1 is 0.348 bits per heavy atom. The summed E-state index contributed by atoms with van der Waals surface area (Å²) < 4.78 is 4.66. The first-order chi connectivity index (χ1) is 22.8. The van der Waals surface area contributed by atoms with Gasteiger partial charge in [0.2, 0.25) is 0 Å². The second-order valence-corrected chi connectivity index (χ2v) is 12.2. The van der Waals surface area contributed by atoms with E-state index in [1.54, 1.807) is 0 Å². The number of benzene rings is 7. The second-order valence-electron chi connectivity index (χ2n) is 12.2. The number of imidazole rings is 2. The van der Waals surface area contributed by atoms with Crippen LogP contribution in [0.5, 0.6) is 0 Å². The standard InChI is InChI=1S/C42H24N4/c1-2-11-33-29(9-1)31-21-18-26(24-39(31)46-38-16-8-4-12-34(38)43-41(33)46)25-17-20-28-27(23-25)19-22-32-30-10-3-6-14-36(30)45-37-15-7-5-13-35(37)44-42(45)40(28)32/h1-24H. The topological polar surface area (TPSA) is 34.6 Å². The zero-order valence-corrected chi connectivity index (χ0v) is 24.6. The lowest BCUT2D eigenvalue weighted by molar-refractivity contribution is 1.31. The molecule has 7 aromatic carbocycles. The Morgan fingerprint density at radius 2 is 0.891 bits per heavy atom. The fraction of sp³-hybridized carbons (Fsp3) is 0. The van der Waals surface area contributed by atoms with E-state index in [0.717, 1.165) is 38.9 Å². The van der Waals surface area contributed by atoms with Crippen molar-refractivity contribution >= 4 is 87.5 Å². The minimum atomic E-state index is 0.995. The molecule has 0 aliphatic heterocycles. The fourth-order valence-electron chi connectivity index (χ4n) is 7.80. The average Bonchev–Trinajstić information content (AvgIpc) is 3.71. The van der Waals surface area contributed by atoms with Crippen LogP contribution in [0.2, 0.25) is 0 Å². The third kappa shape index (κ3) is 3.07. The molecule has 0 spiro atoms. The SMILES string of the molecule is c1ccc2c(c1)nc1c3ccccc3c3ccc(-c4ccc5c(ccc6c7ccccc7n7c8ccccc8nc7c56)c4)cc3n21. The number of hydrogen-bond acceptors (Lipinski definition) is 2. The van der Waals surface area contributed by atoms with E-state index < -0.39 is 0 Å². The van der Waals surface area contributed by atoms with E-state index in [2.05, 4.69) is 154 Å². The average molecular weight is 585 g/mol. The van der Waals surface area contributed by atoms with Gasteiger partial charge in [-0.1, -0.05) is 103 Å². The highest BCUT2D eigenvalue weighted by Crippen LogP contribution is 2.39. The van der Waals surface area contributed by atoms with Gasteiger partial charge in [-0.15, -0.1) is 0 Å². The van der Waals surface area contributed by atoms with Crippen LogP contribution < -0.4 is 0 Å². The Morgan fingerprint density at radius 3 is 1.67 bits per heavy atom. The summed E-state index contributed by atoms with van der Waals surface area (Å²) in [6.45, 7) is 0. The molecule has 4 heterocycles. The highest BCUT2D eigenvalue weighted by Gasteiger charge is 2.17. The van der Waals surface area contributed by atoms with Gasteiger partial charge in [0.15, 0.2) is 0 Å². The van der Waals surface area contributed by atoms with Crippen LogP contribution in [0, 0.1) is 0 Å². The summed E-state index contributed by atoms with van der Waals surface area (Å²) in [5.41, 5.74) is 11.0. The number of para-hydroxylation sites is 5. The summed E-state index contributed by atoms with van der Waals surface area (Å²) in [6.07, 6.45) is 0. The third-order valence-corrected chi connectivity index (χ3v) is 9.83. The number of aromatic nitrogens is 4. The summed E-state index contributed by atoms with van der Waals surface area (Å²) >= 11 is 0. The molecule has 0 bridgehead atoms. The molecule has 4 nitrogen and oxygen atoms in total. The van der Waals surface area contributed by atoms with Gasteiger partial charge in [0, 0.05) is 21.5 Å². The quantitative estimate of drug-likeness (QED) is 0.180. The van der Waals surface area contributed by atoms with E-state index in [9.17, 15) is 0 Å². The summed E-state index contributed by atoms with van der Waals surface area (Å²) in [5, 5.41) is 9.68. The molecule has 0 saturated carbocycles. The molecule has 0 N–H and O–H groups in total. The van der Waals surface area contributed by atoms with Gasteiger partial charge in [-0.3, -0.25) is 8.80 Å². The van der Waals surface area contributed by atoms with Crippen LogP contribution in [-0.4, -0.2) is 18.8 Å². The largest absolute Gasteiger partial charge is 0.292 e. The molecule has 11 aromatic rings. The lowest BCUT2D eigenvalue weighted by atomic mass is 9.95. The van der Waals surface area contributed by atoms with Crippen molar-refractivity contribution in [1.82, 2.24) is 18.8 Å². The Hall–Kier alpha value is -6.26. The van der Waals surface area contributed by atoms with Crippen molar-refractivity contribution < 1.29 is 0 Å². The zero-order valence-electron chi connectivity index (χ0n) is 24.6. The first-order valence-electron chi connectivity index (χ1n) is 15.7. The van der Waals surface area contributed by atoms with Gasteiger partial charge in [-0.2, -0.15) is 0 Å². The van der Waals surface area contributed by atoms with Crippen LogP contribution in [-0.2, 0) is 0 Å². The second kappa shape index (κ2) is 8.68. The van der Waals surface area contributed by atoms with Crippen LogP contribution in [0.1, 0.15) is 0 Å². The van der Waals surface area contributed by atoms with Gasteiger partial charge < -0.3 is 0 Å². The Balaban J connectivity index is 1.20. The predicted octanol–water partition coefficient (Wildman–Crippen LogP) is 10.7. The van der Waals surface area contributed by atoms with Crippen molar-refractivity contribution in [1.29, 1.82) is 0 Å². The maximum atomic E-state index is 5.19. The van der Waals surface area contributed by atoms with E-state index >= 15 is 0 Å². The molecule has 0 aliphatic carbocycles. The molecule has 0 saturated heterocycles. The smallest absolute Gasteiger partial charge is 0.147 e. The molecule has 0 aliphatic rings. The van der Waals surface area contributed by atoms with E-state index in [1.807, 2.05) is 0 Å². The molecule has 212 valence electrons. The number of pyridine rings is 2. The maximum absolute atomic E-state index is 5.19. The van der Waals surface area contributed by atoms with E-state index in [1.165, 1.54) is 59.7 Å². The number of nitrogens with zero attached hydrogens (tertiary/aromatic N) is 4. The van der Waals surface area contributed by atoms with Crippen molar-refractivity contribution in [3.63, 3.8) is 0 Å². The van der Waals surface area contributed by atoms with Gasteiger partial charge >= 0.3 is 0 Å². The maximum Gasteiger partial charge on any atom is 0.147 e. The molecular weight excluding hydrogens is 560 g/mol. The molecule has 4 heteroatoms. The molecule has 0 atom stereocenters. The van der Waals surface area contributed by atoms with Crippen LogP contribution in [0.4, 0.5) is 0 Å². The van der Waals surface area contributed by atoms with Crippen LogP contribution in [0.25, 0.3) is 98.6 Å². The Bertz CT molecular complexity index is 3090. The van der Waals surface area contributed by atoms with E-state index in [4.69, 9.17) is 9.97 Å². The summed E-state index contributed by atoms with van der Waals surface area (Å²) in [7, 11) is 0. The molecule has 46 heavy (non-hydrogen) atoms. The highest BCUT2D eigenvalue weighted by molar-refractivity contribution is 6.23. The molecule has 0 amide bonds. The first kappa shape index (κ1) is 24.1. The lowest BCUT2D eigenvalue weighted by Gasteiger charge is -2.13. The number of rotatable bonds is 1. The Labute approximate surface area is 262 Å². The monoisotopic (exact) mass is 584 g/mol. The van der Waals surface area contributed by atoms with Crippen molar-refractivity contribution in [2.75, 3.05) is 0 Å². The van der Waals surface area contributed by atoms with Crippen LogP contribution in [0.3, 0.4) is 0 Å². The van der Waals surface area contributed by atoms with Crippen molar-refractivity contribution in [3.8, 4) is 11.1 Å². The Kier molecular flexibility index (Phi) is 4.55. The van der Waals surface area contributed by atoms with Gasteiger partial charge in [0.05, 0.1) is 33.1 Å². The van der Waals surface area contributed by atoms with Gasteiger partial charge in [-0.25, -0.2) is 9.97 Å². The zero-order chi connectivity index (χ0) is 29.9. The minimum absolute atomic E-state index is 0.995. The van der Waals surface area contributed by atoms with Gasteiger partial charge in [0.1, 0.15) is 11.3 Å². The number of hydrogen-bond donors (Lipinski definition) is 0. The predicted molar refractivity (Wildman–Crippen MR) is 192 cm³/mol. The number of fused-ring (bicyclic) bond motifs is 18. The summed E-state index contributed by atoms with van der Waals surface area (Å²) in [5.74, 6) is 0. The molecule has 11 rings (SSSR count). The highest BCUT2D eigenvalue weighted by atomic mass is 15.0. The summed E-state index contributed by atoms with van der Waals surface area (Å²) in [6, 6.07) is 52.4. The molecule has 0 fully saturated rings. The van der Waals surface area contributed by atoms with Crippen molar-refractivity contribution in [3.05, 3.63) is 146 Å². The van der Waals surface area contributed by atoms with E-state index in [0.29, 0.717) is 0 Å². The lowest BCUT2D eigenvalue weighted by Crippen LogP contribution is -1.93. The van der Waals surface area contributed by atoms with E-state index in [-0.39, 0.29) is 0 Å². The van der Waals surface area contributed by atoms with Crippen LogP contribution >= 0.6 is 0 Å². The molecule has 0 radical (unpaired) electrons. The summed E-state index contributed by atoms with van der Waals surface area (Å²) in [4.78, 5) is 10.3. The molecule has 4 aromatic heterocycles. The first-order valence-corrected chi connectivity index (χ1v) is 15.7. The van der Waals surface area contributed by atoms with Gasteiger partial charge in [-0.05, 0) is 75.1 Å². The molecule has 0 unspecified atom stereocenters.